The molecule has 2 heterocycles. The van der Waals surface area contributed by atoms with E-state index >= 15 is 0 Å². The van der Waals surface area contributed by atoms with Crippen LogP contribution in [-0.2, 0) is 21.5 Å². The number of hydrogen-bond donors (Lipinski definition) is 1. The van der Waals surface area contributed by atoms with E-state index in [-0.39, 0.29) is 18.1 Å². The second-order valence-electron chi connectivity index (χ2n) is 8.76. The Labute approximate surface area is 191 Å². The number of carbonyl (C=O) groups is 3. The number of hydrogen-bond acceptors (Lipinski definition) is 5. The normalized spacial score (nSPS) is 21.2. The Morgan fingerprint density at radius 3 is 2.33 bits per heavy atom. The summed E-state index contributed by atoms with van der Waals surface area (Å²) >= 11 is 0. The van der Waals surface area contributed by atoms with Gasteiger partial charge in [-0.05, 0) is 55.4 Å². The van der Waals surface area contributed by atoms with Crippen molar-refractivity contribution in [3.05, 3.63) is 75.8 Å². The zero-order valence-electron chi connectivity index (χ0n) is 18.4. The lowest BCUT2D eigenvalue weighted by atomic mass is 9.90. The molecule has 9 heteroatoms. The van der Waals surface area contributed by atoms with Crippen LogP contribution in [0.25, 0.3) is 0 Å². The van der Waals surface area contributed by atoms with Crippen LogP contribution in [0.1, 0.15) is 30.9 Å². The van der Waals surface area contributed by atoms with Crippen LogP contribution < -0.4 is 5.32 Å². The molecule has 2 fully saturated rings. The predicted octanol–water partition coefficient (Wildman–Crippen LogP) is 2.84. The zero-order valence-corrected chi connectivity index (χ0v) is 18.4. The number of urea groups is 1. The lowest BCUT2D eigenvalue weighted by molar-refractivity contribution is -0.384. The molecule has 0 saturated carbocycles. The minimum atomic E-state index is -1.38. The first-order valence-electron chi connectivity index (χ1n) is 11.0. The summed E-state index contributed by atoms with van der Waals surface area (Å²) in [4.78, 5) is 51.5. The first kappa shape index (κ1) is 22.4. The lowest BCUT2D eigenvalue weighted by Gasteiger charge is -2.33. The number of imide groups is 1. The Morgan fingerprint density at radius 1 is 1.09 bits per heavy atom. The van der Waals surface area contributed by atoms with Gasteiger partial charge < -0.3 is 10.2 Å². The summed E-state index contributed by atoms with van der Waals surface area (Å²) in [5, 5.41) is 13.5. The third-order valence-corrected chi connectivity index (χ3v) is 6.56. The molecule has 2 aliphatic heterocycles. The van der Waals surface area contributed by atoms with Gasteiger partial charge in [0.2, 0.25) is 5.91 Å². The van der Waals surface area contributed by atoms with Crippen molar-refractivity contribution in [1.82, 2.24) is 15.1 Å². The van der Waals surface area contributed by atoms with Crippen LogP contribution in [0.4, 0.5) is 10.5 Å². The molecular weight excluding hydrogens is 424 g/mol. The molecule has 2 aromatic rings. The molecular formula is C24H26N4O5. The van der Waals surface area contributed by atoms with E-state index in [1.165, 1.54) is 36.8 Å². The second-order valence-corrected chi connectivity index (χ2v) is 8.76. The number of nitro benzene ring substituents is 1. The van der Waals surface area contributed by atoms with E-state index < -0.39 is 22.4 Å². The van der Waals surface area contributed by atoms with E-state index in [9.17, 15) is 24.5 Å². The molecule has 1 atom stereocenters. The van der Waals surface area contributed by atoms with Gasteiger partial charge in [0.15, 0.2) is 0 Å². The van der Waals surface area contributed by atoms with Crippen LogP contribution in [0.2, 0.25) is 0 Å². The van der Waals surface area contributed by atoms with E-state index in [1.54, 1.807) is 4.90 Å². The summed E-state index contributed by atoms with van der Waals surface area (Å²) < 4.78 is 0. The van der Waals surface area contributed by atoms with Gasteiger partial charge in [-0.15, -0.1) is 0 Å². The SMILES string of the molecule is C[C@@]1(c2ccc([N+](=O)[O-])cc2)NC(=O)N(CC(=O)N2CCC(Cc3ccccc3)CC2)C1=O. The Balaban J connectivity index is 1.36. The molecule has 172 valence electrons. The summed E-state index contributed by atoms with van der Waals surface area (Å²) in [7, 11) is 0. The molecule has 1 N–H and O–H groups in total. The summed E-state index contributed by atoms with van der Waals surface area (Å²) in [6.45, 7) is 2.41. The smallest absolute Gasteiger partial charge is 0.325 e. The maximum absolute atomic E-state index is 13.1. The molecule has 33 heavy (non-hydrogen) atoms. The van der Waals surface area contributed by atoms with Crippen molar-refractivity contribution >= 4 is 23.5 Å². The van der Waals surface area contributed by atoms with Gasteiger partial charge in [0.05, 0.1) is 4.92 Å². The van der Waals surface area contributed by atoms with Crippen LogP contribution in [0, 0.1) is 16.0 Å². The van der Waals surface area contributed by atoms with Crippen LogP contribution in [0.15, 0.2) is 54.6 Å². The average molecular weight is 450 g/mol. The summed E-state index contributed by atoms with van der Waals surface area (Å²) in [6.07, 6.45) is 2.73. The molecule has 4 rings (SSSR count). The van der Waals surface area contributed by atoms with Gasteiger partial charge in [-0.1, -0.05) is 30.3 Å². The fraction of sp³-hybridized carbons (Fsp3) is 0.375. The first-order chi connectivity index (χ1) is 15.8. The van der Waals surface area contributed by atoms with E-state index in [0.29, 0.717) is 24.6 Å². The molecule has 9 nitrogen and oxygen atoms in total. The number of benzene rings is 2. The number of carbonyl (C=O) groups excluding carboxylic acids is 3. The van der Waals surface area contributed by atoms with Crippen molar-refractivity contribution in [1.29, 1.82) is 0 Å². The molecule has 0 bridgehead atoms. The number of nitrogens with one attached hydrogen (secondary N) is 1. The van der Waals surface area contributed by atoms with Crippen molar-refractivity contribution < 1.29 is 19.3 Å². The zero-order chi connectivity index (χ0) is 23.6. The Bertz CT molecular complexity index is 1060. The molecule has 0 aromatic heterocycles. The quantitative estimate of drug-likeness (QED) is 0.413. The molecule has 4 amide bonds. The standard InChI is InChI=1S/C24H26N4O5/c1-24(19-7-9-20(10-8-19)28(32)33)22(30)27(23(31)25-24)16-21(29)26-13-11-18(12-14-26)15-17-5-3-2-4-6-17/h2-10,18H,11-16H2,1H3,(H,25,31)/t24-/m0/s1. The first-order valence-corrected chi connectivity index (χ1v) is 11.0. The van der Waals surface area contributed by atoms with Crippen molar-refractivity contribution in [2.45, 2.75) is 31.7 Å². The lowest BCUT2D eigenvalue weighted by Crippen LogP contribution is -2.46. The van der Waals surface area contributed by atoms with Crippen LogP contribution in [0.3, 0.4) is 0 Å². The van der Waals surface area contributed by atoms with Crippen molar-refractivity contribution in [3.8, 4) is 0 Å². The van der Waals surface area contributed by atoms with Crippen LogP contribution in [0.5, 0.6) is 0 Å². The Hall–Kier alpha value is -3.75. The number of non-ortho nitro benzene ring substituents is 1. The molecule has 0 aliphatic carbocycles. The minimum Gasteiger partial charge on any atom is -0.341 e. The maximum atomic E-state index is 13.1. The largest absolute Gasteiger partial charge is 0.341 e. The number of rotatable bonds is 6. The third-order valence-electron chi connectivity index (χ3n) is 6.56. The number of nitro groups is 1. The fourth-order valence-electron chi connectivity index (χ4n) is 4.52. The van der Waals surface area contributed by atoms with Crippen molar-refractivity contribution in [2.24, 2.45) is 5.92 Å². The third kappa shape index (κ3) is 4.57. The van der Waals surface area contributed by atoms with Gasteiger partial charge in [0.25, 0.3) is 11.6 Å². The molecule has 2 aliphatic rings. The van der Waals surface area contributed by atoms with Gasteiger partial charge >= 0.3 is 6.03 Å². The van der Waals surface area contributed by atoms with E-state index in [0.717, 1.165) is 24.2 Å². The maximum Gasteiger partial charge on any atom is 0.325 e. The number of nitrogens with zero attached hydrogens (tertiary/aromatic N) is 3. The average Bonchev–Trinajstić information content (AvgIpc) is 3.04. The van der Waals surface area contributed by atoms with Crippen LogP contribution >= 0.6 is 0 Å². The Morgan fingerprint density at radius 2 is 1.73 bits per heavy atom. The van der Waals surface area contributed by atoms with E-state index in [4.69, 9.17) is 0 Å². The summed E-state index contributed by atoms with van der Waals surface area (Å²) in [5.74, 6) is -0.308. The molecule has 0 unspecified atom stereocenters. The van der Waals surface area contributed by atoms with Crippen LogP contribution in [-0.4, -0.2) is 52.2 Å². The van der Waals surface area contributed by atoms with Gasteiger partial charge in [0, 0.05) is 25.2 Å². The predicted molar refractivity (Wildman–Crippen MR) is 120 cm³/mol. The van der Waals surface area contributed by atoms with Gasteiger partial charge in [0.1, 0.15) is 12.1 Å². The summed E-state index contributed by atoms with van der Waals surface area (Å²) in [6, 6.07) is 15.1. The van der Waals surface area contributed by atoms with Crippen molar-refractivity contribution in [3.63, 3.8) is 0 Å². The number of amides is 4. The van der Waals surface area contributed by atoms with Gasteiger partial charge in [-0.2, -0.15) is 0 Å². The highest BCUT2D eigenvalue weighted by Crippen LogP contribution is 2.30. The minimum absolute atomic E-state index is 0.109. The second kappa shape index (κ2) is 9.01. The molecule has 0 radical (unpaired) electrons. The number of piperidine rings is 1. The topological polar surface area (TPSA) is 113 Å². The highest BCUT2D eigenvalue weighted by Gasteiger charge is 2.49. The highest BCUT2D eigenvalue weighted by molar-refractivity contribution is 6.09. The highest BCUT2D eigenvalue weighted by atomic mass is 16.6. The molecule has 0 spiro atoms. The van der Waals surface area contributed by atoms with Crippen molar-refractivity contribution in [2.75, 3.05) is 19.6 Å². The fourth-order valence-corrected chi connectivity index (χ4v) is 4.52. The molecule has 2 aromatic carbocycles. The summed E-state index contributed by atoms with van der Waals surface area (Å²) in [5.41, 5.74) is 0.215. The monoisotopic (exact) mass is 450 g/mol. The Kier molecular flexibility index (Phi) is 6.13. The van der Waals surface area contributed by atoms with E-state index in [2.05, 4.69) is 17.4 Å². The van der Waals surface area contributed by atoms with Gasteiger partial charge in [-0.25, -0.2) is 4.79 Å². The number of likely N-dealkylation sites (tertiary alicyclic amines) is 1. The van der Waals surface area contributed by atoms with Gasteiger partial charge in [-0.3, -0.25) is 24.6 Å². The molecule has 2 saturated heterocycles. The van der Waals surface area contributed by atoms with E-state index in [1.807, 2.05) is 18.2 Å².